The van der Waals surface area contributed by atoms with Gasteiger partial charge >= 0.3 is 5.97 Å². The van der Waals surface area contributed by atoms with Gasteiger partial charge in [0.15, 0.2) is 10.8 Å². The highest BCUT2D eigenvalue weighted by molar-refractivity contribution is 7.15. The number of hydrogen-bond acceptors (Lipinski definition) is 6. The zero-order valence-electron chi connectivity index (χ0n) is 11.6. The van der Waals surface area contributed by atoms with Crippen LogP contribution in [0.3, 0.4) is 0 Å². The Kier molecular flexibility index (Phi) is 4.76. The van der Waals surface area contributed by atoms with E-state index in [4.69, 9.17) is 9.47 Å². The molecule has 0 bridgehead atoms. The Morgan fingerprint density at radius 3 is 3.11 bits per heavy atom. The van der Waals surface area contributed by atoms with Crippen molar-refractivity contribution < 1.29 is 14.3 Å². The fourth-order valence-corrected chi connectivity index (χ4v) is 3.00. The number of nitrogens with zero attached hydrogens (tertiary/aromatic N) is 1. The molecule has 2 unspecified atom stereocenters. The maximum atomic E-state index is 11.7. The number of nitrogens with one attached hydrogen (secondary N) is 1. The Labute approximate surface area is 117 Å². The predicted molar refractivity (Wildman–Crippen MR) is 74.8 cm³/mol. The Morgan fingerprint density at radius 1 is 1.68 bits per heavy atom. The van der Waals surface area contributed by atoms with Crippen LogP contribution in [0, 0.1) is 12.8 Å². The summed E-state index contributed by atoms with van der Waals surface area (Å²) >= 11 is 1.49. The van der Waals surface area contributed by atoms with Crippen molar-refractivity contribution in [3.63, 3.8) is 0 Å². The summed E-state index contributed by atoms with van der Waals surface area (Å²) in [6, 6.07) is 0.295. The van der Waals surface area contributed by atoms with Crippen LogP contribution in [0.15, 0.2) is 0 Å². The van der Waals surface area contributed by atoms with Crippen LogP contribution in [0.2, 0.25) is 0 Å². The lowest BCUT2D eigenvalue weighted by molar-refractivity contribution is 0.0519. The molecule has 6 heteroatoms. The second-order valence-electron chi connectivity index (χ2n) is 4.70. The van der Waals surface area contributed by atoms with Gasteiger partial charge in [-0.1, -0.05) is 0 Å². The van der Waals surface area contributed by atoms with Crippen LogP contribution in [-0.2, 0) is 9.47 Å². The molecule has 0 radical (unpaired) electrons. The molecule has 1 fully saturated rings. The second kappa shape index (κ2) is 6.34. The van der Waals surface area contributed by atoms with Crippen molar-refractivity contribution >= 4 is 22.4 Å². The highest BCUT2D eigenvalue weighted by Crippen LogP contribution is 2.26. The highest BCUT2D eigenvalue weighted by Gasteiger charge is 2.24. The number of carbonyl (C=O) groups is 1. The van der Waals surface area contributed by atoms with Crippen molar-refractivity contribution in [1.82, 2.24) is 4.98 Å². The van der Waals surface area contributed by atoms with Crippen molar-refractivity contribution in [3.05, 3.63) is 10.6 Å². The zero-order chi connectivity index (χ0) is 13.8. The average Bonchev–Trinajstić information content (AvgIpc) is 2.99. The molecule has 1 aliphatic heterocycles. The Balaban J connectivity index is 2.01. The monoisotopic (exact) mass is 284 g/mol. The molecule has 0 amide bonds. The van der Waals surface area contributed by atoms with E-state index in [2.05, 4.69) is 17.2 Å². The molecule has 1 aliphatic rings. The first-order valence-electron chi connectivity index (χ1n) is 6.60. The minimum absolute atomic E-state index is 0.295. The first-order valence-corrected chi connectivity index (χ1v) is 7.42. The largest absolute Gasteiger partial charge is 0.461 e. The third-order valence-corrected chi connectivity index (χ3v) is 4.19. The van der Waals surface area contributed by atoms with E-state index >= 15 is 0 Å². The molecule has 106 valence electrons. The molecule has 5 nitrogen and oxygen atoms in total. The van der Waals surface area contributed by atoms with Crippen LogP contribution < -0.4 is 5.32 Å². The topological polar surface area (TPSA) is 60.5 Å². The second-order valence-corrected chi connectivity index (χ2v) is 5.90. The molecule has 1 saturated heterocycles. The van der Waals surface area contributed by atoms with Crippen molar-refractivity contribution in [2.24, 2.45) is 5.92 Å². The Hall–Kier alpha value is -1.14. The molecule has 1 aromatic rings. The first-order chi connectivity index (χ1) is 9.11. The zero-order valence-corrected chi connectivity index (χ0v) is 12.4. The fourth-order valence-electron chi connectivity index (χ4n) is 2.11. The molecule has 2 heterocycles. The summed E-state index contributed by atoms with van der Waals surface area (Å²) in [6.07, 6.45) is 1.07. The van der Waals surface area contributed by atoms with E-state index in [1.165, 1.54) is 11.3 Å². The van der Waals surface area contributed by atoms with Crippen molar-refractivity contribution in [2.45, 2.75) is 33.2 Å². The average molecular weight is 284 g/mol. The molecule has 1 aromatic heterocycles. The predicted octanol–water partition coefficient (Wildman–Crippen LogP) is 2.47. The summed E-state index contributed by atoms with van der Waals surface area (Å²) in [5.74, 6) is 0.163. The van der Waals surface area contributed by atoms with E-state index in [0.717, 1.165) is 29.6 Å². The number of thiazole rings is 1. The summed E-state index contributed by atoms with van der Waals surface area (Å²) in [6.45, 7) is 7.80. The van der Waals surface area contributed by atoms with E-state index in [0.29, 0.717) is 24.3 Å². The van der Waals surface area contributed by atoms with Crippen LogP contribution >= 0.6 is 11.3 Å². The number of hydrogen-bond donors (Lipinski definition) is 1. The first kappa shape index (κ1) is 14.3. The highest BCUT2D eigenvalue weighted by atomic mass is 32.1. The van der Waals surface area contributed by atoms with Crippen LogP contribution in [0.4, 0.5) is 5.13 Å². The minimum Gasteiger partial charge on any atom is -0.461 e. The molecule has 0 spiro atoms. The van der Waals surface area contributed by atoms with Crippen LogP contribution in [0.25, 0.3) is 0 Å². The molecule has 1 N–H and O–H groups in total. The van der Waals surface area contributed by atoms with E-state index in [1.807, 2.05) is 6.92 Å². The van der Waals surface area contributed by atoms with Crippen LogP contribution in [0.1, 0.15) is 35.6 Å². The summed E-state index contributed by atoms with van der Waals surface area (Å²) in [5.41, 5.74) is 0.421. The SMILES string of the molecule is CCOC(=O)c1nc(NC(C)C2CCOC2)sc1C. The maximum Gasteiger partial charge on any atom is 0.358 e. The third-order valence-electron chi connectivity index (χ3n) is 3.29. The van der Waals surface area contributed by atoms with Gasteiger partial charge in [-0.2, -0.15) is 0 Å². The lowest BCUT2D eigenvalue weighted by Gasteiger charge is -2.18. The van der Waals surface area contributed by atoms with Gasteiger partial charge in [-0.3, -0.25) is 0 Å². The smallest absolute Gasteiger partial charge is 0.358 e. The third kappa shape index (κ3) is 3.45. The van der Waals surface area contributed by atoms with Gasteiger partial charge in [0.1, 0.15) is 0 Å². The normalized spacial score (nSPS) is 20.3. The molecular formula is C13H20N2O3S. The van der Waals surface area contributed by atoms with Crippen molar-refractivity contribution in [1.29, 1.82) is 0 Å². The molecule has 2 rings (SSSR count). The molecule has 0 aromatic carbocycles. The summed E-state index contributed by atoms with van der Waals surface area (Å²) in [4.78, 5) is 16.9. The number of aromatic nitrogens is 1. The fraction of sp³-hybridized carbons (Fsp3) is 0.692. The van der Waals surface area contributed by atoms with Gasteiger partial charge < -0.3 is 14.8 Å². The molecule has 0 saturated carbocycles. The molecule has 19 heavy (non-hydrogen) atoms. The van der Waals surface area contributed by atoms with E-state index in [-0.39, 0.29) is 5.97 Å². The lowest BCUT2D eigenvalue weighted by Crippen LogP contribution is -2.26. The van der Waals surface area contributed by atoms with Gasteiger partial charge in [0.2, 0.25) is 0 Å². The maximum absolute atomic E-state index is 11.7. The number of aryl methyl sites for hydroxylation is 1. The van der Waals surface area contributed by atoms with Crippen molar-refractivity contribution in [2.75, 3.05) is 25.1 Å². The molecular weight excluding hydrogens is 264 g/mol. The van der Waals surface area contributed by atoms with Gasteiger partial charge in [-0.05, 0) is 27.2 Å². The Bertz CT molecular complexity index is 441. The van der Waals surface area contributed by atoms with E-state index < -0.39 is 0 Å². The summed E-state index contributed by atoms with van der Waals surface area (Å²) in [5, 5.41) is 4.14. The van der Waals surface area contributed by atoms with E-state index in [9.17, 15) is 4.79 Å². The number of esters is 1. The van der Waals surface area contributed by atoms with Gasteiger partial charge in [-0.25, -0.2) is 9.78 Å². The number of ether oxygens (including phenoxy) is 2. The van der Waals surface area contributed by atoms with Gasteiger partial charge in [-0.15, -0.1) is 11.3 Å². The number of anilines is 1. The molecule has 2 atom stereocenters. The van der Waals surface area contributed by atoms with Gasteiger partial charge in [0.05, 0.1) is 13.2 Å². The van der Waals surface area contributed by atoms with Crippen LogP contribution in [-0.4, -0.2) is 36.8 Å². The number of carbonyl (C=O) groups excluding carboxylic acids is 1. The quantitative estimate of drug-likeness (QED) is 0.842. The van der Waals surface area contributed by atoms with Crippen LogP contribution in [0.5, 0.6) is 0 Å². The Morgan fingerprint density at radius 2 is 2.47 bits per heavy atom. The van der Waals surface area contributed by atoms with Crippen molar-refractivity contribution in [3.8, 4) is 0 Å². The van der Waals surface area contributed by atoms with E-state index in [1.54, 1.807) is 6.92 Å². The lowest BCUT2D eigenvalue weighted by atomic mass is 10.0. The molecule has 0 aliphatic carbocycles. The number of rotatable bonds is 5. The minimum atomic E-state index is -0.346. The van der Waals surface area contributed by atoms with Gasteiger partial charge in [0.25, 0.3) is 0 Å². The summed E-state index contributed by atoms with van der Waals surface area (Å²) < 4.78 is 10.4. The van der Waals surface area contributed by atoms with Gasteiger partial charge in [0, 0.05) is 23.4 Å². The standard InChI is InChI=1S/C13H20N2O3S/c1-4-18-12(16)11-9(3)19-13(15-11)14-8(2)10-5-6-17-7-10/h8,10H,4-7H2,1-3H3,(H,14,15). The summed E-state index contributed by atoms with van der Waals surface area (Å²) in [7, 11) is 0.